The third kappa shape index (κ3) is 6.02. The number of hydrogen-bond acceptors (Lipinski definition) is 4. The number of nitrogens with zero attached hydrogens (tertiary/aromatic N) is 1. The summed E-state index contributed by atoms with van der Waals surface area (Å²) in [6, 6.07) is 12.8. The van der Waals surface area contributed by atoms with Crippen molar-refractivity contribution < 1.29 is 14.5 Å². The van der Waals surface area contributed by atoms with Gasteiger partial charge in [-0.2, -0.15) is 0 Å². The van der Waals surface area contributed by atoms with Crippen LogP contribution in [-0.4, -0.2) is 29.3 Å². The maximum absolute atomic E-state index is 12.7. The molecule has 154 valence electrons. The molecule has 0 unspecified atom stereocenters. The van der Waals surface area contributed by atoms with Gasteiger partial charge in [-0.05, 0) is 29.5 Å². The van der Waals surface area contributed by atoms with Crippen LogP contribution in [0.15, 0.2) is 48.5 Å². The van der Waals surface area contributed by atoms with Crippen LogP contribution in [0.4, 0.5) is 5.69 Å². The van der Waals surface area contributed by atoms with Crippen molar-refractivity contribution in [1.29, 1.82) is 0 Å². The molecule has 0 aliphatic rings. The predicted molar refractivity (Wildman–Crippen MR) is 112 cm³/mol. The number of rotatable bonds is 8. The van der Waals surface area contributed by atoms with E-state index in [1.165, 1.54) is 12.1 Å². The summed E-state index contributed by atoms with van der Waals surface area (Å²) in [6.45, 7) is 6.06. The molecule has 29 heavy (non-hydrogen) atoms. The molecular formula is C21H24ClN3O4. The minimum atomic E-state index is -0.778. The molecule has 2 aromatic rings. The lowest BCUT2D eigenvalue weighted by Gasteiger charge is -2.23. The van der Waals surface area contributed by atoms with Crippen LogP contribution in [0.2, 0.25) is 5.02 Å². The molecule has 0 fully saturated rings. The zero-order valence-electron chi connectivity index (χ0n) is 16.5. The fraction of sp³-hybridized carbons (Fsp3) is 0.333. The molecule has 2 aromatic carbocycles. The van der Waals surface area contributed by atoms with Gasteiger partial charge in [0.2, 0.25) is 5.91 Å². The van der Waals surface area contributed by atoms with E-state index in [0.29, 0.717) is 6.54 Å². The number of carbonyl (C=O) groups is 2. The van der Waals surface area contributed by atoms with Gasteiger partial charge in [-0.15, -0.1) is 0 Å². The second kappa shape index (κ2) is 10.0. The molecule has 0 saturated heterocycles. The minimum absolute atomic E-state index is 0.0559. The number of nitrogens with one attached hydrogen (secondary N) is 2. The highest BCUT2D eigenvalue weighted by Gasteiger charge is 2.26. The number of carbonyl (C=O) groups excluding carboxylic acids is 2. The van der Waals surface area contributed by atoms with Crippen LogP contribution in [0.3, 0.4) is 0 Å². The smallest absolute Gasteiger partial charge is 0.288 e. The van der Waals surface area contributed by atoms with Gasteiger partial charge in [0.1, 0.15) is 11.1 Å². The molecule has 7 nitrogen and oxygen atoms in total. The summed E-state index contributed by atoms with van der Waals surface area (Å²) >= 11 is 5.79. The van der Waals surface area contributed by atoms with Crippen molar-refractivity contribution in [3.63, 3.8) is 0 Å². The molecule has 8 heteroatoms. The fourth-order valence-electron chi connectivity index (χ4n) is 2.82. The molecule has 0 aromatic heterocycles. The number of nitro benzene ring substituents is 1. The van der Waals surface area contributed by atoms with Crippen molar-refractivity contribution in [2.75, 3.05) is 6.54 Å². The van der Waals surface area contributed by atoms with Crippen LogP contribution >= 0.6 is 11.6 Å². The molecule has 0 spiro atoms. The van der Waals surface area contributed by atoms with E-state index >= 15 is 0 Å². The molecule has 0 aliphatic carbocycles. The lowest BCUT2D eigenvalue weighted by molar-refractivity contribution is -0.384. The monoisotopic (exact) mass is 417 g/mol. The first-order chi connectivity index (χ1) is 13.7. The van der Waals surface area contributed by atoms with Crippen LogP contribution < -0.4 is 10.6 Å². The molecule has 0 bridgehead atoms. The Bertz CT molecular complexity index is 887. The summed E-state index contributed by atoms with van der Waals surface area (Å²) in [5.41, 5.74) is 0.810. The normalized spacial score (nSPS) is 12.9. The lowest BCUT2D eigenvalue weighted by atomic mass is 10.00. The molecular weight excluding hydrogens is 394 g/mol. The number of halogens is 1. The number of benzene rings is 2. The molecule has 0 saturated carbocycles. The van der Waals surface area contributed by atoms with Crippen LogP contribution in [0.5, 0.6) is 0 Å². The SMILES string of the molecule is CC(C)[C@H](NC(=O)c1ccc(Cl)c([N+](=O)[O-])c1)C(=O)NC[C@@H](C)c1ccccc1. The molecule has 2 N–H and O–H groups in total. The van der Waals surface area contributed by atoms with Crippen molar-refractivity contribution in [2.45, 2.75) is 32.7 Å². The average molecular weight is 418 g/mol. The van der Waals surface area contributed by atoms with E-state index in [-0.39, 0.29) is 34.0 Å². The van der Waals surface area contributed by atoms with Crippen molar-refractivity contribution in [3.8, 4) is 0 Å². The Morgan fingerprint density at radius 2 is 1.76 bits per heavy atom. The predicted octanol–water partition coefficient (Wildman–Crippen LogP) is 3.92. The largest absolute Gasteiger partial charge is 0.354 e. The third-order valence-electron chi connectivity index (χ3n) is 4.59. The van der Waals surface area contributed by atoms with E-state index in [0.717, 1.165) is 11.6 Å². The Labute approximate surface area is 174 Å². The van der Waals surface area contributed by atoms with Gasteiger partial charge in [0, 0.05) is 18.2 Å². The van der Waals surface area contributed by atoms with Crippen molar-refractivity contribution in [3.05, 3.63) is 74.8 Å². The summed E-state index contributed by atoms with van der Waals surface area (Å²) in [5.74, 6) is -0.940. The maximum atomic E-state index is 12.7. The first kappa shape index (κ1) is 22.4. The minimum Gasteiger partial charge on any atom is -0.354 e. The zero-order valence-corrected chi connectivity index (χ0v) is 17.3. The van der Waals surface area contributed by atoms with Gasteiger partial charge in [0.25, 0.3) is 11.6 Å². The van der Waals surface area contributed by atoms with Gasteiger partial charge < -0.3 is 10.6 Å². The maximum Gasteiger partial charge on any atom is 0.288 e. The Balaban J connectivity index is 2.05. The van der Waals surface area contributed by atoms with Gasteiger partial charge in [0.15, 0.2) is 0 Å². The van der Waals surface area contributed by atoms with E-state index in [4.69, 9.17) is 11.6 Å². The zero-order chi connectivity index (χ0) is 21.6. The lowest BCUT2D eigenvalue weighted by Crippen LogP contribution is -2.50. The third-order valence-corrected chi connectivity index (χ3v) is 4.91. The van der Waals surface area contributed by atoms with Gasteiger partial charge in [0.05, 0.1) is 4.92 Å². The van der Waals surface area contributed by atoms with E-state index < -0.39 is 16.9 Å². The highest BCUT2D eigenvalue weighted by Crippen LogP contribution is 2.25. The van der Waals surface area contributed by atoms with Gasteiger partial charge in [-0.3, -0.25) is 19.7 Å². The standard InChI is InChI=1S/C21H24ClN3O4/c1-13(2)19(21(27)23-12-14(3)15-7-5-4-6-8-15)24-20(26)16-9-10-17(22)18(11-16)25(28)29/h4-11,13-14,19H,12H2,1-3H3,(H,23,27)(H,24,26)/t14-,19+/m1/s1. The second-order valence-electron chi connectivity index (χ2n) is 7.18. The van der Waals surface area contributed by atoms with Crippen LogP contribution in [0.25, 0.3) is 0 Å². The van der Waals surface area contributed by atoms with Gasteiger partial charge in [-0.25, -0.2) is 0 Å². The molecule has 0 aliphatic heterocycles. The molecule has 2 rings (SSSR count). The summed E-state index contributed by atoms with van der Waals surface area (Å²) in [7, 11) is 0. The highest BCUT2D eigenvalue weighted by molar-refractivity contribution is 6.32. The van der Waals surface area contributed by atoms with E-state index in [9.17, 15) is 19.7 Å². The Kier molecular flexibility index (Phi) is 7.73. The van der Waals surface area contributed by atoms with Crippen LogP contribution in [0.1, 0.15) is 42.6 Å². The molecule has 2 amide bonds. The Hall–Kier alpha value is -2.93. The number of nitro groups is 1. The number of hydrogen-bond donors (Lipinski definition) is 2. The summed E-state index contributed by atoms with van der Waals surface area (Å²) < 4.78 is 0. The van der Waals surface area contributed by atoms with Crippen molar-refractivity contribution in [2.24, 2.45) is 5.92 Å². The van der Waals surface area contributed by atoms with Crippen molar-refractivity contribution in [1.82, 2.24) is 10.6 Å². The van der Waals surface area contributed by atoms with E-state index in [1.807, 2.05) is 51.1 Å². The van der Waals surface area contributed by atoms with Gasteiger partial charge in [-0.1, -0.05) is 62.7 Å². The fourth-order valence-corrected chi connectivity index (χ4v) is 3.00. The molecule has 0 heterocycles. The second-order valence-corrected chi connectivity index (χ2v) is 7.58. The topological polar surface area (TPSA) is 101 Å². The molecule has 2 atom stereocenters. The average Bonchev–Trinajstić information content (AvgIpc) is 2.70. The summed E-state index contributed by atoms with van der Waals surface area (Å²) in [4.78, 5) is 35.6. The van der Waals surface area contributed by atoms with E-state index in [2.05, 4.69) is 10.6 Å². The quantitative estimate of drug-likeness (QED) is 0.502. The summed E-state index contributed by atoms with van der Waals surface area (Å²) in [6.07, 6.45) is 0. The molecule has 0 radical (unpaired) electrons. The van der Waals surface area contributed by atoms with Crippen LogP contribution in [0, 0.1) is 16.0 Å². The van der Waals surface area contributed by atoms with E-state index in [1.54, 1.807) is 0 Å². The summed E-state index contributed by atoms with van der Waals surface area (Å²) in [5, 5.41) is 16.5. The number of amides is 2. The Morgan fingerprint density at radius 1 is 1.10 bits per heavy atom. The first-order valence-corrected chi connectivity index (χ1v) is 9.66. The van der Waals surface area contributed by atoms with Gasteiger partial charge >= 0.3 is 0 Å². The first-order valence-electron chi connectivity index (χ1n) is 9.28. The highest BCUT2D eigenvalue weighted by atomic mass is 35.5. The van der Waals surface area contributed by atoms with Crippen molar-refractivity contribution >= 4 is 29.1 Å². The Morgan fingerprint density at radius 3 is 2.34 bits per heavy atom. The van der Waals surface area contributed by atoms with Crippen LogP contribution in [-0.2, 0) is 4.79 Å².